The molecule has 1 rings (SSSR count). The molecule has 5 heteroatoms. The van der Waals surface area contributed by atoms with E-state index in [1.165, 1.54) is 0 Å². The Kier molecular flexibility index (Phi) is 4.75. The molecule has 0 N–H and O–H groups in total. The zero-order valence-corrected chi connectivity index (χ0v) is 13.6. The van der Waals surface area contributed by atoms with Crippen molar-refractivity contribution >= 4 is 8.32 Å². The molecule has 0 saturated heterocycles. The van der Waals surface area contributed by atoms with E-state index in [0.717, 1.165) is 11.5 Å². The lowest BCUT2D eigenvalue weighted by molar-refractivity contribution is 0.153. The van der Waals surface area contributed by atoms with E-state index < -0.39 is 8.32 Å². The summed E-state index contributed by atoms with van der Waals surface area (Å²) in [5.74, 6) is 1.43. The Labute approximate surface area is 111 Å². The zero-order chi connectivity index (χ0) is 14.0. The fourth-order valence-corrected chi connectivity index (χ4v) is 2.19. The molecule has 4 nitrogen and oxygen atoms in total. The third-order valence-corrected chi connectivity index (χ3v) is 8.05. The molecule has 18 heavy (non-hydrogen) atoms. The predicted octanol–water partition coefficient (Wildman–Crippen LogP) is 3.65. The quantitative estimate of drug-likeness (QED) is 0.767. The summed E-state index contributed by atoms with van der Waals surface area (Å²) in [5, 5.41) is 0.205. The van der Waals surface area contributed by atoms with Gasteiger partial charge in [0.15, 0.2) is 14.1 Å². The standard InChI is InChI=1S/C13H25NO3Si/c1-10-11(17-12(14-10)9-15-5)8-16-18(6,7)13(2,3)4/h8-9H2,1-7H3. The maximum absolute atomic E-state index is 6.12. The third kappa shape index (κ3) is 3.67. The van der Waals surface area contributed by atoms with Gasteiger partial charge in [-0.2, -0.15) is 0 Å². The average Bonchev–Trinajstić information content (AvgIpc) is 2.55. The number of rotatable bonds is 5. The van der Waals surface area contributed by atoms with Crippen LogP contribution in [0.4, 0.5) is 0 Å². The van der Waals surface area contributed by atoms with Gasteiger partial charge in [-0.1, -0.05) is 20.8 Å². The number of hydrogen-bond acceptors (Lipinski definition) is 4. The molecule has 0 amide bonds. The van der Waals surface area contributed by atoms with Crippen molar-refractivity contribution in [1.82, 2.24) is 4.98 Å². The molecule has 0 aliphatic heterocycles. The second kappa shape index (κ2) is 5.55. The molecule has 0 aliphatic rings. The van der Waals surface area contributed by atoms with E-state index in [9.17, 15) is 0 Å². The Balaban J connectivity index is 2.69. The van der Waals surface area contributed by atoms with Crippen LogP contribution in [0.15, 0.2) is 4.42 Å². The molecule has 0 saturated carbocycles. The minimum absolute atomic E-state index is 0.205. The average molecular weight is 271 g/mol. The first-order valence-corrected chi connectivity index (χ1v) is 9.16. The van der Waals surface area contributed by atoms with Crippen LogP contribution in [0.2, 0.25) is 18.1 Å². The summed E-state index contributed by atoms with van der Waals surface area (Å²) in [6.45, 7) is 14.0. The number of methoxy groups -OCH3 is 1. The van der Waals surface area contributed by atoms with Crippen molar-refractivity contribution in [3.8, 4) is 0 Å². The highest BCUT2D eigenvalue weighted by molar-refractivity contribution is 6.74. The minimum atomic E-state index is -1.74. The van der Waals surface area contributed by atoms with Gasteiger partial charge in [-0.15, -0.1) is 0 Å². The first-order chi connectivity index (χ1) is 8.17. The van der Waals surface area contributed by atoms with E-state index in [0.29, 0.717) is 19.1 Å². The predicted molar refractivity (Wildman–Crippen MR) is 73.9 cm³/mol. The van der Waals surface area contributed by atoms with Gasteiger partial charge in [0.1, 0.15) is 6.61 Å². The second-order valence-electron chi connectivity index (χ2n) is 6.10. The first kappa shape index (κ1) is 15.4. The normalized spacial score (nSPS) is 13.1. The molecule has 0 radical (unpaired) electrons. The van der Waals surface area contributed by atoms with Crippen molar-refractivity contribution in [3.05, 3.63) is 17.3 Å². The van der Waals surface area contributed by atoms with Crippen LogP contribution in [0.5, 0.6) is 0 Å². The van der Waals surface area contributed by atoms with Crippen LogP contribution in [0.3, 0.4) is 0 Å². The summed E-state index contributed by atoms with van der Waals surface area (Å²) >= 11 is 0. The summed E-state index contributed by atoms with van der Waals surface area (Å²) < 4.78 is 16.7. The maximum Gasteiger partial charge on any atom is 0.220 e. The van der Waals surface area contributed by atoms with E-state index in [1.807, 2.05) is 6.92 Å². The number of oxazole rings is 1. The van der Waals surface area contributed by atoms with Crippen LogP contribution in [-0.4, -0.2) is 20.4 Å². The molecule has 1 aromatic rings. The van der Waals surface area contributed by atoms with Gasteiger partial charge in [-0.05, 0) is 25.1 Å². The monoisotopic (exact) mass is 271 g/mol. The van der Waals surface area contributed by atoms with Crippen molar-refractivity contribution < 1.29 is 13.6 Å². The van der Waals surface area contributed by atoms with Gasteiger partial charge in [0.05, 0.1) is 12.3 Å². The Bertz CT molecular complexity index is 393. The Hall–Kier alpha value is -0.653. The van der Waals surface area contributed by atoms with Crippen LogP contribution < -0.4 is 0 Å². The number of hydrogen-bond donors (Lipinski definition) is 0. The molecule has 0 bridgehead atoms. The van der Waals surface area contributed by atoms with Crippen molar-refractivity contribution in [2.75, 3.05) is 7.11 Å². The molecule has 0 spiro atoms. The number of aromatic nitrogens is 1. The highest BCUT2D eigenvalue weighted by Gasteiger charge is 2.37. The molecule has 0 aliphatic carbocycles. The van der Waals surface area contributed by atoms with Gasteiger partial charge in [0.2, 0.25) is 5.89 Å². The van der Waals surface area contributed by atoms with E-state index in [2.05, 4.69) is 38.8 Å². The minimum Gasteiger partial charge on any atom is -0.440 e. The van der Waals surface area contributed by atoms with E-state index in [-0.39, 0.29) is 5.04 Å². The summed E-state index contributed by atoms with van der Waals surface area (Å²) in [5.41, 5.74) is 0.890. The fraction of sp³-hybridized carbons (Fsp3) is 0.769. The highest BCUT2D eigenvalue weighted by Crippen LogP contribution is 2.37. The Morgan fingerprint density at radius 1 is 1.22 bits per heavy atom. The van der Waals surface area contributed by atoms with Crippen molar-refractivity contribution in [2.45, 2.75) is 59.0 Å². The molecule has 0 fully saturated rings. The number of ether oxygens (including phenoxy) is 1. The van der Waals surface area contributed by atoms with Crippen LogP contribution in [-0.2, 0) is 22.4 Å². The molecule has 1 heterocycles. The number of nitrogens with zero attached hydrogens (tertiary/aromatic N) is 1. The molecular weight excluding hydrogens is 246 g/mol. The van der Waals surface area contributed by atoms with Gasteiger partial charge in [-0.3, -0.25) is 0 Å². The van der Waals surface area contributed by atoms with Gasteiger partial charge in [-0.25, -0.2) is 4.98 Å². The van der Waals surface area contributed by atoms with Crippen LogP contribution in [0.1, 0.15) is 38.1 Å². The fourth-order valence-electron chi connectivity index (χ4n) is 1.27. The Morgan fingerprint density at radius 3 is 2.33 bits per heavy atom. The van der Waals surface area contributed by atoms with Crippen molar-refractivity contribution in [3.63, 3.8) is 0 Å². The highest BCUT2D eigenvalue weighted by atomic mass is 28.4. The topological polar surface area (TPSA) is 44.5 Å². The molecule has 1 aromatic heterocycles. The summed E-state index contributed by atoms with van der Waals surface area (Å²) in [6.07, 6.45) is 0. The molecule has 0 atom stereocenters. The lowest BCUT2D eigenvalue weighted by atomic mass is 10.2. The molecule has 104 valence electrons. The summed E-state index contributed by atoms with van der Waals surface area (Å²) in [6, 6.07) is 0. The largest absolute Gasteiger partial charge is 0.440 e. The van der Waals surface area contributed by atoms with Crippen molar-refractivity contribution in [1.29, 1.82) is 0 Å². The van der Waals surface area contributed by atoms with Crippen molar-refractivity contribution in [2.24, 2.45) is 0 Å². The van der Waals surface area contributed by atoms with Gasteiger partial charge in [0.25, 0.3) is 0 Å². The van der Waals surface area contributed by atoms with Gasteiger partial charge < -0.3 is 13.6 Å². The first-order valence-electron chi connectivity index (χ1n) is 6.25. The third-order valence-electron chi connectivity index (χ3n) is 3.58. The zero-order valence-electron chi connectivity index (χ0n) is 12.6. The van der Waals surface area contributed by atoms with Gasteiger partial charge >= 0.3 is 0 Å². The maximum atomic E-state index is 6.12. The van der Waals surface area contributed by atoms with Crippen LogP contribution >= 0.6 is 0 Å². The Morgan fingerprint density at radius 2 is 1.83 bits per heavy atom. The molecule has 0 unspecified atom stereocenters. The van der Waals surface area contributed by atoms with Crippen LogP contribution in [0, 0.1) is 6.92 Å². The van der Waals surface area contributed by atoms with E-state index in [4.69, 9.17) is 13.6 Å². The van der Waals surface area contributed by atoms with E-state index in [1.54, 1.807) is 7.11 Å². The second-order valence-corrected chi connectivity index (χ2v) is 10.9. The van der Waals surface area contributed by atoms with Crippen LogP contribution in [0.25, 0.3) is 0 Å². The SMILES string of the molecule is COCc1nc(C)c(CO[Si](C)(C)C(C)(C)C)o1. The molecular formula is C13H25NO3Si. The summed E-state index contributed by atoms with van der Waals surface area (Å²) in [4.78, 5) is 4.31. The lowest BCUT2D eigenvalue weighted by Gasteiger charge is -2.35. The molecule has 0 aromatic carbocycles. The smallest absolute Gasteiger partial charge is 0.220 e. The van der Waals surface area contributed by atoms with E-state index >= 15 is 0 Å². The van der Waals surface area contributed by atoms with Gasteiger partial charge in [0, 0.05) is 7.11 Å². The summed E-state index contributed by atoms with van der Waals surface area (Å²) in [7, 11) is -0.109. The number of aryl methyl sites for hydroxylation is 1. The lowest BCUT2D eigenvalue weighted by Crippen LogP contribution is -2.40.